The van der Waals surface area contributed by atoms with Crippen molar-refractivity contribution in [1.82, 2.24) is 5.16 Å². The molecule has 0 fully saturated rings. The quantitative estimate of drug-likeness (QED) is 0.244. The molecule has 202 valence electrons. The van der Waals surface area contributed by atoms with E-state index in [1.54, 1.807) is 0 Å². The van der Waals surface area contributed by atoms with Crippen molar-refractivity contribution in [1.29, 1.82) is 0 Å². The molecule has 2 aromatic carbocycles. The number of ether oxygens (including phenoxy) is 3. The number of rotatable bonds is 12. The second-order valence-corrected chi connectivity index (χ2v) is 9.57. The van der Waals surface area contributed by atoms with Crippen molar-refractivity contribution < 1.29 is 18.7 Å². The molecule has 4 rings (SSSR count). The van der Waals surface area contributed by atoms with Crippen molar-refractivity contribution in [2.45, 2.75) is 73.6 Å². The van der Waals surface area contributed by atoms with Crippen LogP contribution in [0.3, 0.4) is 0 Å². The van der Waals surface area contributed by atoms with E-state index < -0.39 is 0 Å². The number of aryl methyl sites for hydroxylation is 1. The minimum atomic E-state index is -0.0866. The molecule has 0 saturated carbocycles. The molecule has 0 aliphatic carbocycles. The van der Waals surface area contributed by atoms with Crippen molar-refractivity contribution in [3.63, 3.8) is 0 Å². The van der Waals surface area contributed by atoms with Crippen LogP contribution in [-0.2, 0) is 27.4 Å². The zero-order chi connectivity index (χ0) is 27.1. The molecule has 0 radical (unpaired) electrons. The summed E-state index contributed by atoms with van der Waals surface area (Å²) in [4.78, 5) is 2.20. The second-order valence-electron chi connectivity index (χ2n) is 9.57. The van der Waals surface area contributed by atoms with E-state index in [-0.39, 0.29) is 6.04 Å². The zero-order valence-electron chi connectivity index (χ0n) is 23.5. The Morgan fingerprint density at radius 1 is 0.947 bits per heavy atom. The summed E-state index contributed by atoms with van der Waals surface area (Å²) < 4.78 is 24.2. The lowest BCUT2D eigenvalue weighted by Crippen LogP contribution is -2.38. The lowest BCUT2D eigenvalue weighted by Gasteiger charge is -2.36. The molecule has 0 bridgehead atoms. The predicted octanol–water partition coefficient (Wildman–Crippen LogP) is 7.85. The number of allylic oxidation sites excluding steroid dienone is 2. The van der Waals surface area contributed by atoms with E-state index in [0.29, 0.717) is 26.4 Å². The normalized spacial score (nSPS) is 15.6. The van der Waals surface area contributed by atoms with Gasteiger partial charge in [-0.15, -0.1) is 0 Å². The Balaban J connectivity index is 1.63. The van der Waals surface area contributed by atoms with E-state index in [1.165, 1.54) is 11.1 Å². The molecule has 6 heteroatoms. The Labute approximate surface area is 226 Å². The summed E-state index contributed by atoms with van der Waals surface area (Å²) in [5, 5.41) is 4.20. The fraction of sp³-hybridized carbons (Fsp3) is 0.406. The van der Waals surface area contributed by atoms with Gasteiger partial charge in [-0.25, -0.2) is 0 Å². The molecule has 1 aliphatic heterocycles. The van der Waals surface area contributed by atoms with Crippen LogP contribution in [0.15, 0.2) is 76.3 Å². The van der Waals surface area contributed by atoms with Gasteiger partial charge in [0, 0.05) is 23.9 Å². The van der Waals surface area contributed by atoms with E-state index in [2.05, 4.69) is 72.4 Å². The number of hydrogen-bond acceptors (Lipinski definition) is 6. The fourth-order valence-electron chi connectivity index (χ4n) is 4.84. The molecule has 0 N–H and O–H groups in total. The molecule has 1 unspecified atom stereocenters. The summed E-state index contributed by atoms with van der Waals surface area (Å²) in [5.41, 5.74) is 7.68. The number of hydrogen-bond donors (Lipinski definition) is 0. The number of nitrogens with zero attached hydrogens (tertiary/aromatic N) is 2. The Hall–Kier alpha value is -3.51. The smallest absolute Gasteiger partial charge is 0.235 e. The third-order valence-corrected chi connectivity index (χ3v) is 6.88. The number of benzene rings is 2. The maximum absolute atomic E-state index is 6.47. The first-order valence-corrected chi connectivity index (χ1v) is 13.7. The van der Waals surface area contributed by atoms with Crippen LogP contribution in [0.2, 0.25) is 0 Å². The third-order valence-electron chi connectivity index (χ3n) is 6.88. The van der Waals surface area contributed by atoms with Crippen molar-refractivity contribution in [3.8, 4) is 11.1 Å². The van der Waals surface area contributed by atoms with Gasteiger partial charge in [0.15, 0.2) is 11.5 Å². The monoisotopic (exact) mass is 516 g/mol. The average Bonchev–Trinajstić information content (AvgIpc) is 3.26. The highest BCUT2D eigenvalue weighted by atomic mass is 16.5. The fourth-order valence-corrected chi connectivity index (χ4v) is 4.84. The zero-order valence-corrected chi connectivity index (χ0v) is 23.5. The highest BCUT2D eigenvalue weighted by Crippen LogP contribution is 2.37. The molecule has 1 atom stereocenters. The molecule has 3 aromatic rings. The second kappa shape index (κ2) is 12.8. The number of aromatic nitrogens is 1. The van der Waals surface area contributed by atoms with Crippen LogP contribution in [0.5, 0.6) is 0 Å². The molecule has 1 aromatic heterocycles. The molecular weight excluding hydrogens is 476 g/mol. The largest absolute Gasteiger partial charge is 0.492 e. The summed E-state index contributed by atoms with van der Waals surface area (Å²) in [7, 11) is 0. The predicted molar refractivity (Wildman–Crippen MR) is 152 cm³/mol. The molecule has 38 heavy (non-hydrogen) atoms. The molecule has 0 amide bonds. The van der Waals surface area contributed by atoms with E-state index in [1.807, 2.05) is 33.8 Å². The SMILES string of the molecule is CCCC1=CC(OCc2ccc(-c3ccccc3)c(COCC)c2)=C(OCC)C(C)N1c1onc(C)c1C. The maximum Gasteiger partial charge on any atom is 0.235 e. The van der Waals surface area contributed by atoms with Gasteiger partial charge in [-0.05, 0) is 69.4 Å². The Morgan fingerprint density at radius 2 is 1.74 bits per heavy atom. The average molecular weight is 517 g/mol. The topological polar surface area (TPSA) is 57.0 Å². The van der Waals surface area contributed by atoms with Crippen LogP contribution in [0.25, 0.3) is 11.1 Å². The molecule has 0 saturated heterocycles. The van der Waals surface area contributed by atoms with Gasteiger partial charge in [0.05, 0.1) is 24.9 Å². The van der Waals surface area contributed by atoms with Gasteiger partial charge in [0.25, 0.3) is 0 Å². The van der Waals surface area contributed by atoms with Crippen LogP contribution < -0.4 is 4.90 Å². The number of anilines is 1. The van der Waals surface area contributed by atoms with Gasteiger partial charge in [-0.1, -0.05) is 61.0 Å². The van der Waals surface area contributed by atoms with Crippen LogP contribution in [0, 0.1) is 13.8 Å². The van der Waals surface area contributed by atoms with E-state index in [0.717, 1.165) is 58.3 Å². The molecule has 6 nitrogen and oxygen atoms in total. The minimum Gasteiger partial charge on any atom is -0.492 e. The van der Waals surface area contributed by atoms with Crippen molar-refractivity contribution in [3.05, 3.63) is 94.2 Å². The highest BCUT2D eigenvalue weighted by Gasteiger charge is 2.34. The molecule has 2 heterocycles. The summed E-state index contributed by atoms with van der Waals surface area (Å²) in [6, 6.07) is 16.8. The van der Waals surface area contributed by atoms with Gasteiger partial charge in [-0.2, -0.15) is 0 Å². The first kappa shape index (κ1) is 27.5. The van der Waals surface area contributed by atoms with Gasteiger partial charge >= 0.3 is 0 Å². The first-order valence-electron chi connectivity index (χ1n) is 13.7. The Kier molecular flexibility index (Phi) is 9.29. The summed E-state index contributed by atoms with van der Waals surface area (Å²) in [6.07, 6.45) is 3.99. The van der Waals surface area contributed by atoms with Gasteiger partial charge < -0.3 is 23.6 Å². The highest BCUT2D eigenvalue weighted by molar-refractivity contribution is 5.67. The molecule has 0 spiro atoms. The molecule has 1 aliphatic rings. The third kappa shape index (κ3) is 5.97. The van der Waals surface area contributed by atoms with Crippen LogP contribution in [-0.4, -0.2) is 24.4 Å². The van der Waals surface area contributed by atoms with Crippen molar-refractivity contribution >= 4 is 5.88 Å². The van der Waals surface area contributed by atoms with E-state index in [4.69, 9.17) is 18.7 Å². The summed E-state index contributed by atoms with van der Waals surface area (Å²) in [5.74, 6) is 2.34. The standard InChI is InChI=1S/C32H40N2O4/c1-7-13-28-19-30(31(36-9-3)24(6)34(28)32-22(4)23(5)33-38-32)37-20-25-16-17-29(26-14-11-10-12-15-26)27(18-25)21-35-8-2/h10-12,14-19,24H,7-9,13,20-21H2,1-6H3. The van der Waals surface area contributed by atoms with Crippen molar-refractivity contribution in [2.24, 2.45) is 0 Å². The first-order chi connectivity index (χ1) is 18.5. The molecular formula is C32H40N2O4. The van der Waals surface area contributed by atoms with Gasteiger partial charge in [0.2, 0.25) is 5.88 Å². The lowest BCUT2D eigenvalue weighted by atomic mass is 9.98. The van der Waals surface area contributed by atoms with Gasteiger partial charge in [-0.3, -0.25) is 0 Å². The van der Waals surface area contributed by atoms with Crippen LogP contribution in [0.4, 0.5) is 5.88 Å². The summed E-state index contributed by atoms with van der Waals surface area (Å²) >= 11 is 0. The minimum absolute atomic E-state index is 0.0866. The van der Waals surface area contributed by atoms with E-state index in [9.17, 15) is 0 Å². The van der Waals surface area contributed by atoms with Crippen LogP contribution >= 0.6 is 0 Å². The van der Waals surface area contributed by atoms with E-state index >= 15 is 0 Å². The lowest BCUT2D eigenvalue weighted by molar-refractivity contribution is 0.133. The Bertz CT molecular complexity index is 1280. The maximum atomic E-state index is 6.47. The van der Waals surface area contributed by atoms with Gasteiger partial charge in [0.1, 0.15) is 6.61 Å². The van der Waals surface area contributed by atoms with Crippen molar-refractivity contribution in [2.75, 3.05) is 18.1 Å². The summed E-state index contributed by atoms with van der Waals surface area (Å²) in [6.45, 7) is 14.6. The van der Waals surface area contributed by atoms with Crippen LogP contribution in [0.1, 0.15) is 62.9 Å². The Morgan fingerprint density at radius 3 is 2.39 bits per heavy atom.